The molecule has 128 valence electrons. The molecule has 3 rings (SSSR count). The van der Waals surface area contributed by atoms with E-state index in [0.717, 1.165) is 16.7 Å². The molecule has 1 N–H and O–H groups in total. The molecule has 0 spiro atoms. The van der Waals surface area contributed by atoms with E-state index < -0.39 is 10.0 Å². The van der Waals surface area contributed by atoms with E-state index in [9.17, 15) is 8.42 Å². The van der Waals surface area contributed by atoms with E-state index in [-0.39, 0.29) is 10.9 Å². The van der Waals surface area contributed by atoms with E-state index in [4.69, 9.17) is 9.47 Å². The molecule has 0 saturated carbocycles. The zero-order valence-corrected chi connectivity index (χ0v) is 14.8. The van der Waals surface area contributed by atoms with Crippen LogP contribution in [0, 0.1) is 13.8 Å². The van der Waals surface area contributed by atoms with Gasteiger partial charge in [-0.3, -0.25) is 0 Å². The van der Waals surface area contributed by atoms with E-state index in [0.29, 0.717) is 24.7 Å². The predicted octanol–water partition coefficient (Wildman–Crippen LogP) is 3.11. The highest BCUT2D eigenvalue weighted by molar-refractivity contribution is 7.89. The number of aryl methyl sites for hydroxylation is 2. The molecule has 1 heterocycles. The van der Waals surface area contributed by atoms with Gasteiger partial charge >= 0.3 is 0 Å². The molecule has 1 unspecified atom stereocenters. The smallest absolute Gasteiger partial charge is 0.241 e. The van der Waals surface area contributed by atoms with Crippen LogP contribution in [0.25, 0.3) is 0 Å². The highest BCUT2D eigenvalue weighted by Gasteiger charge is 2.22. The van der Waals surface area contributed by atoms with Crippen LogP contribution in [0.2, 0.25) is 0 Å². The van der Waals surface area contributed by atoms with Gasteiger partial charge in [0.25, 0.3) is 0 Å². The van der Waals surface area contributed by atoms with Gasteiger partial charge in [0.2, 0.25) is 10.0 Å². The summed E-state index contributed by atoms with van der Waals surface area (Å²) < 4.78 is 39.0. The van der Waals surface area contributed by atoms with E-state index >= 15 is 0 Å². The van der Waals surface area contributed by atoms with Crippen LogP contribution in [-0.2, 0) is 10.0 Å². The summed E-state index contributed by atoms with van der Waals surface area (Å²) in [7, 11) is -3.66. The van der Waals surface area contributed by atoms with Crippen LogP contribution in [0.1, 0.15) is 29.7 Å². The fraction of sp³-hybridized carbons (Fsp3) is 0.333. The maximum Gasteiger partial charge on any atom is 0.241 e. The Kier molecular flexibility index (Phi) is 4.51. The highest BCUT2D eigenvalue weighted by Crippen LogP contribution is 2.32. The number of sulfonamides is 1. The molecule has 0 amide bonds. The largest absolute Gasteiger partial charge is 0.486 e. The molecule has 1 aliphatic heterocycles. The Morgan fingerprint density at radius 2 is 1.71 bits per heavy atom. The molecule has 1 aliphatic rings. The van der Waals surface area contributed by atoms with Crippen LogP contribution < -0.4 is 14.2 Å². The molecule has 2 aromatic carbocycles. The third-order valence-corrected chi connectivity index (χ3v) is 5.60. The Morgan fingerprint density at radius 1 is 1.00 bits per heavy atom. The molecule has 0 radical (unpaired) electrons. The van der Waals surface area contributed by atoms with Crippen LogP contribution in [0.3, 0.4) is 0 Å². The quantitative estimate of drug-likeness (QED) is 0.923. The second kappa shape index (κ2) is 6.45. The minimum Gasteiger partial charge on any atom is -0.486 e. The van der Waals surface area contributed by atoms with Gasteiger partial charge in [0.05, 0.1) is 4.90 Å². The normalized spacial score (nSPS) is 15.1. The summed E-state index contributed by atoms with van der Waals surface area (Å²) in [5.74, 6) is 1.03. The van der Waals surface area contributed by atoms with E-state index in [1.165, 1.54) is 12.1 Å². The number of ether oxygens (including phenoxy) is 2. The first-order valence-electron chi connectivity index (χ1n) is 7.86. The molecular weight excluding hydrogens is 326 g/mol. The summed E-state index contributed by atoms with van der Waals surface area (Å²) in [5.41, 5.74) is 3.12. The first kappa shape index (κ1) is 16.8. The van der Waals surface area contributed by atoms with Gasteiger partial charge in [0, 0.05) is 12.1 Å². The monoisotopic (exact) mass is 347 g/mol. The number of fused-ring (bicyclic) bond motifs is 1. The van der Waals surface area contributed by atoms with Gasteiger partial charge in [-0.25, -0.2) is 13.1 Å². The average Bonchev–Trinajstić information content (AvgIpc) is 2.56. The van der Waals surface area contributed by atoms with Crippen molar-refractivity contribution in [3.8, 4) is 11.5 Å². The van der Waals surface area contributed by atoms with Gasteiger partial charge in [-0.2, -0.15) is 0 Å². The van der Waals surface area contributed by atoms with Gasteiger partial charge in [-0.05, 0) is 44.0 Å². The first-order chi connectivity index (χ1) is 11.4. The lowest BCUT2D eigenvalue weighted by atomic mass is 10.0. The SMILES string of the molecule is Cc1ccc(C)c(C(C)NS(=O)(=O)c2ccc3c(c2)OCCO3)c1. The molecule has 0 bridgehead atoms. The lowest BCUT2D eigenvalue weighted by Gasteiger charge is -2.20. The van der Waals surface area contributed by atoms with Gasteiger partial charge in [-0.15, -0.1) is 0 Å². The number of hydrogen-bond acceptors (Lipinski definition) is 4. The maximum absolute atomic E-state index is 12.7. The second-order valence-corrected chi connectivity index (χ2v) is 7.72. The van der Waals surface area contributed by atoms with Crippen molar-refractivity contribution in [3.63, 3.8) is 0 Å². The molecule has 0 saturated heterocycles. The highest BCUT2D eigenvalue weighted by atomic mass is 32.2. The van der Waals surface area contributed by atoms with Crippen LogP contribution >= 0.6 is 0 Å². The topological polar surface area (TPSA) is 64.6 Å². The Bertz CT molecular complexity index is 861. The maximum atomic E-state index is 12.7. The van der Waals surface area contributed by atoms with Crippen molar-refractivity contribution in [1.82, 2.24) is 4.72 Å². The van der Waals surface area contributed by atoms with Crippen LogP contribution in [0.15, 0.2) is 41.3 Å². The number of nitrogens with one attached hydrogen (secondary N) is 1. The van der Waals surface area contributed by atoms with Gasteiger partial charge < -0.3 is 9.47 Å². The van der Waals surface area contributed by atoms with Gasteiger partial charge in [0.1, 0.15) is 13.2 Å². The predicted molar refractivity (Wildman–Crippen MR) is 92.1 cm³/mol. The van der Waals surface area contributed by atoms with Crippen LogP contribution in [0.5, 0.6) is 11.5 Å². The first-order valence-corrected chi connectivity index (χ1v) is 9.34. The summed E-state index contributed by atoms with van der Waals surface area (Å²) in [5, 5.41) is 0. The number of benzene rings is 2. The molecule has 2 aromatic rings. The molecule has 0 fully saturated rings. The van der Waals surface area contributed by atoms with Crippen molar-refractivity contribution >= 4 is 10.0 Å². The van der Waals surface area contributed by atoms with E-state index in [1.54, 1.807) is 6.07 Å². The molecular formula is C18H21NO4S. The molecule has 0 aliphatic carbocycles. The fourth-order valence-electron chi connectivity index (χ4n) is 2.78. The second-order valence-electron chi connectivity index (χ2n) is 6.01. The Labute approximate surface area is 142 Å². The Hall–Kier alpha value is -2.05. The van der Waals surface area contributed by atoms with E-state index in [2.05, 4.69) is 4.72 Å². The lowest BCUT2D eigenvalue weighted by Crippen LogP contribution is -2.27. The Morgan fingerprint density at radius 3 is 2.46 bits per heavy atom. The van der Waals surface area contributed by atoms with Crippen molar-refractivity contribution in [1.29, 1.82) is 0 Å². The van der Waals surface area contributed by atoms with Crippen LogP contribution in [-0.4, -0.2) is 21.6 Å². The van der Waals surface area contributed by atoms with Crippen molar-refractivity contribution in [3.05, 3.63) is 53.1 Å². The van der Waals surface area contributed by atoms with E-state index in [1.807, 2.05) is 39.0 Å². The summed E-state index contributed by atoms with van der Waals surface area (Å²) in [6.45, 7) is 6.70. The van der Waals surface area contributed by atoms with Gasteiger partial charge in [0.15, 0.2) is 11.5 Å². The standard InChI is InChI=1S/C18H21NO4S/c1-12-4-5-13(2)16(10-12)14(3)19-24(20,21)15-6-7-17-18(11-15)23-9-8-22-17/h4-7,10-11,14,19H,8-9H2,1-3H3. The molecule has 0 aromatic heterocycles. The van der Waals surface area contributed by atoms with Gasteiger partial charge in [-0.1, -0.05) is 23.8 Å². The van der Waals surface area contributed by atoms with Crippen molar-refractivity contribution < 1.29 is 17.9 Å². The minimum atomic E-state index is -3.66. The third-order valence-electron chi connectivity index (χ3n) is 4.06. The number of hydrogen-bond donors (Lipinski definition) is 1. The zero-order chi connectivity index (χ0) is 17.3. The Balaban J connectivity index is 1.87. The average molecular weight is 347 g/mol. The van der Waals surface area contributed by atoms with Crippen molar-refractivity contribution in [2.24, 2.45) is 0 Å². The molecule has 6 heteroatoms. The van der Waals surface area contributed by atoms with Crippen LogP contribution in [0.4, 0.5) is 0 Å². The molecule has 1 atom stereocenters. The van der Waals surface area contributed by atoms with Crippen molar-refractivity contribution in [2.75, 3.05) is 13.2 Å². The minimum absolute atomic E-state index is 0.170. The summed E-state index contributed by atoms with van der Waals surface area (Å²) in [6.07, 6.45) is 0. The number of rotatable bonds is 4. The summed E-state index contributed by atoms with van der Waals surface area (Å²) in [4.78, 5) is 0.170. The van der Waals surface area contributed by atoms with Crippen molar-refractivity contribution in [2.45, 2.75) is 31.7 Å². The fourth-order valence-corrected chi connectivity index (χ4v) is 4.02. The summed E-state index contributed by atoms with van der Waals surface area (Å²) in [6, 6.07) is 10.4. The molecule has 24 heavy (non-hydrogen) atoms. The third kappa shape index (κ3) is 3.39. The lowest BCUT2D eigenvalue weighted by molar-refractivity contribution is 0.171. The molecule has 5 nitrogen and oxygen atoms in total. The summed E-state index contributed by atoms with van der Waals surface area (Å²) >= 11 is 0. The zero-order valence-electron chi connectivity index (χ0n) is 14.0.